The number of thiazole rings is 1. The molecule has 1 amide bonds. The second kappa shape index (κ2) is 7.87. The summed E-state index contributed by atoms with van der Waals surface area (Å²) in [6.45, 7) is 4.01. The molecule has 0 saturated carbocycles. The van der Waals surface area contributed by atoms with E-state index >= 15 is 0 Å². The number of rotatable bonds is 7. The Morgan fingerprint density at radius 3 is 2.48 bits per heavy atom. The standard InChI is InChI=1S/C17H20N2O3S/c1-3-5-14(20)18-17-19-16(13(23-17)10-15(21)22)12-8-6-11(4-2)7-9-12/h6-9H,3-5,10H2,1-2H3,(H,21,22)(H,18,19,20). The Bertz CT molecular complexity index is 692. The van der Waals surface area contributed by atoms with Crippen LogP contribution in [0.15, 0.2) is 24.3 Å². The third-order valence-corrected chi connectivity index (χ3v) is 4.34. The highest BCUT2D eigenvalue weighted by atomic mass is 32.1. The Morgan fingerprint density at radius 2 is 1.91 bits per heavy atom. The highest BCUT2D eigenvalue weighted by Crippen LogP contribution is 2.32. The smallest absolute Gasteiger partial charge is 0.308 e. The lowest BCUT2D eigenvalue weighted by Crippen LogP contribution is -2.10. The van der Waals surface area contributed by atoms with E-state index in [4.69, 9.17) is 5.11 Å². The van der Waals surface area contributed by atoms with Gasteiger partial charge in [0.25, 0.3) is 0 Å². The number of nitrogens with zero attached hydrogens (tertiary/aromatic N) is 1. The fourth-order valence-corrected chi connectivity index (χ4v) is 3.19. The SMILES string of the molecule is CCCC(=O)Nc1nc(-c2ccc(CC)cc2)c(CC(=O)O)s1. The number of hydrogen-bond donors (Lipinski definition) is 2. The number of carboxylic acids is 1. The summed E-state index contributed by atoms with van der Waals surface area (Å²) in [7, 11) is 0. The second-order valence-corrected chi connectivity index (χ2v) is 6.29. The van der Waals surface area contributed by atoms with E-state index < -0.39 is 5.97 Å². The fourth-order valence-electron chi connectivity index (χ4n) is 2.20. The van der Waals surface area contributed by atoms with Crippen LogP contribution in [0.3, 0.4) is 0 Å². The first-order valence-corrected chi connectivity index (χ1v) is 8.45. The number of aromatic nitrogens is 1. The normalized spacial score (nSPS) is 10.5. The highest BCUT2D eigenvalue weighted by molar-refractivity contribution is 7.16. The fraction of sp³-hybridized carbons (Fsp3) is 0.353. The number of nitrogens with one attached hydrogen (secondary N) is 1. The maximum absolute atomic E-state index is 11.7. The summed E-state index contributed by atoms with van der Waals surface area (Å²) in [4.78, 5) is 27.9. The quantitative estimate of drug-likeness (QED) is 0.809. The average molecular weight is 332 g/mol. The molecule has 0 unspecified atom stereocenters. The molecule has 0 aliphatic carbocycles. The number of carboxylic acid groups (broad SMARTS) is 1. The van der Waals surface area contributed by atoms with E-state index in [0.717, 1.165) is 18.4 Å². The summed E-state index contributed by atoms with van der Waals surface area (Å²) >= 11 is 1.22. The Kier molecular flexibility index (Phi) is 5.87. The van der Waals surface area contributed by atoms with Crippen LogP contribution in [-0.4, -0.2) is 22.0 Å². The molecule has 1 heterocycles. The van der Waals surface area contributed by atoms with Crippen molar-refractivity contribution in [2.24, 2.45) is 0 Å². The van der Waals surface area contributed by atoms with Crippen LogP contribution >= 0.6 is 11.3 Å². The molecule has 5 nitrogen and oxygen atoms in total. The van der Waals surface area contributed by atoms with Gasteiger partial charge in [-0.25, -0.2) is 4.98 Å². The van der Waals surface area contributed by atoms with Crippen molar-refractivity contribution in [1.29, 1.82) is 0 Å². The molecule has 0 aliphatic rings. The van der Waals surface area contributed by atoms with E-state index in [0.29, 0.717) is 22.1 Å². The van der Waals surface area contributed by atoms with Crippen molar-refractivity contribution in [2.45, 2.75) is 39.5 Å². The van der Waals surface area contributed by atoms with Gasteiger partial charge in [-0.15, -0.1) is 11.3 Å². The number of carbonyl (C=O) groups is 2. The van der Waals surface area contributed by atoms with Gasteiger partial charge in [-0.2, -0.15) is 0 Å². The Hall–Kier alpha value is -2.21. The van der Waals surface area contributed by atoms with Gasteiger partial charge in [0.05, 0.1) is 12.1 Å². The first-order valence-electron chi connectivity index (χ1n) is 7.64. The van der Waals surface area contributed by atoms with E-state index in [1.54, 1.807) is 0 Å². The Balaban J connectivity index is 2.32. The summed E-state index contributed by atoms with van der Waals surface area (Å²) in [5.41, 5.74) is 2.71. The van der Waals surface area contributed by atoms with Crippen LogP contribution in [0.5, 0.6) is 0 Å². The van der Waals surface area contributed by atoms with Crippen LogP contribution in [0, 0.1) is 0 Å². The summed E-state index contributed by atoms with van der Waals surface area (Å²) < 4.78 is 0. The van der Waals surface area contributed by atoms with Crippen molar-refractivity contribution >= 4 is 28.3 Å². The molecule has 23 heavy (non-hydrogen) atoms. The molecule has 0 atom stereocenters. The van der Waals surface area contributed by atoms with Crippen LogP contribution in [0.4, 0.5) is 5.13 Å². The van der Waals surface area contributed by atoms with Crippen molar-refractivity contribution < 1.29 is 14.7 Å². The van der Waals surface area contributed by atoms with E-state index in [1.165, 1.54) is 16.9 Å². The van der Waals surface area contributed by atoms with Crippen LogP contribution in [0.25, 0.3) is 11.3 Å². The molecule has 1 aromatic heterocycles. The zero-order valence-electron chi connectivity index (χ0n) is 13.3. The van der Waals surface area contributed by atoms with Gasteiger partial charge >= 0.3 is 5.97 Å². The lowest BCUT2D eigenvalue weighted by atomic mass is 10.1. The topological polar surface area (TPSA) is 79.3 Å². The molecule has 2 aromatic rings. The molecule has 0 fully saturated rings. The van der Waals surface area contributed by atoms with Crippen molar-refractivity contribution in [3.8, 4) is 11.3 Å². The van der Waals surface area contributed by atoms with Crippen LogP contribution in [-0.2, 0) is 22.4 Å². The predicted octanol–water partition coefficient (Wildman–Crippen LogP) is 3.74. The van der Waals surface area contributed by atoms with Crippen LogP contribution in [0.1, 0.15) is 37.1 Å². The lowest BCUT2D eigenvalue weighted by molar-refractivity contribution is -0.136. The van der Waals surface area contributed by atoms with Crippen molar-refractivity contribution in [2.75, 3.05) is 5.32 Å². The third-order valence-electron chi connectivity index (χ3n) is 3.37. The predicted molar refractivity (Wildman–Crippen MR) is 91.8 cm³/mol. The number of carbonyl (C=O) groups excluding carboxylic acids is 1. The monoisotopic (exact) mass is 332 g/mol. The van der Waals surface area contributed by atoms with Crippen molar-refractivity contribution in [1.82, 2.24) is 4.98 Å². The largest absolute Gasteiger partial charge is 0.481 e. The Morgan fingerprint density at radius 1 is 1.22 bits per heavy atom. The van der Waals surface area contributed by atoms with Crippen LogP contribution < -0.4 is 5.32 Å². The van der Waals surface area contributed by atoms with Gasteiger partial charge in [-0.1, -0.05) is 38.1 Å². The van der Waals surface area contributed by atoms with Gasteiger partial charge in [-0.05, 0) is 18.4 Å². The molecular formula is C17H20N2O3S. The average Bonchev–Trinajstić information content (AvgIpc) is 2.89. The van der Waals surface area contributed by atoms with Gasteiger partial charge < -0.3 is 10.4 Å². The molecular weight excluding hydrogens is 312 g/mol. The van der Waals surface area contributed by atoms with Crippen molar-refractivity contribution in [3.63, 3.8) is 0 Å². The first-order chi connectivity index (χ1) is 11.0. The minimum Gasteiger partial charge on any atom is -0.481 e. The minimum absolute atomic E-state index is 0.101. The number of aliphatic carboxylic acids is 1. The van der Waals surface area contributed by atoms with E-state index in [-0.39, 0.29) is 12.3 Å². The van der Waals surface area contributed by atoms with Gasteiger partial charge in [0.2, 0.25) is 5.91 Å². The van der Waals surface area contributed by atoms with E-state index in [9.17, 15) is 9.59 Å². The zero-order valence-corrected chi connectivity index (χ0v) is 14.1. The molecule has 2 rings (SSSR count). The molecule has 122 valence electrons. The Labute approximate surface area is 139 Å². The number of amides is 1. The van der Waals surface area contributed by atoms with E-state index in [1.807, 2.05) is 31.2 Å². The maximum atomic E-state index is 11.7. The molecule has 0 aliphatic heterocycles. The second-order valence-electron chi connectivity index (χ2n) is 5.21. The van der Waals surface area contributed by atoms with Crippen molar-refractivity contribution in [3.05, 3.63) is 34.7 Å². The van der Waals surface area contributed by atoms with Gasteiger partial charge in [-0.3, -0.25) is 9.59 Å². The minimum atomic E-state index is -0.911. The van der Waals surface area contributed by atoms with E-state index in [2.05, 4.69) is 17.2 Å². The number of aryl methyl sites for hydroxylation is 1. The first kappa shape index (κ1) is 17.1. The van der Waals surface area contributed by atoms with Gasteiger partial charge in [0.15, 0.2) is 5.13 Å². The highest BCUT2D eigenvalue weighted by Gasteiger charge is 2.17. The summed E-state index contributed by atoms with van der Waals surface area (Å²) in [5, 5.41) is 12.3. The number of anilines is 1. The molecule has 0 radical (unpaired) electrons. The van der Waals surface area contributed by atoms with Gasteiger partial charge in [0.1, 0.15) is 0 Å². The van der Waals surface area contributed by atoms with Gasteiger partial charge in [0, 0.05) is 16.9 Å². The zero-order chi connectivity index (χ0) is 16.8. The molecule has 2 N–H and O–H groups in total. The number of hydrogen-bond acceptors (Lipinski definition) is 4. The molecule has 6 heteroatoms. The number of benzene rings is 1. The molecule has 1 aromatic carbocycles. The van der Waals surface area contributed by atoms with Crippen LogP contribution in [0.2, 0.25) is 0 Å². The maximum Gasteiger partial charge on any atom is 0.308 e. The molecule has 0 bridgehead atoms. The molecule has 0 saturated heterocycles. The summed E-state index contributed by atoms with van der Waals surface area (Å²) in [6, 6.07) is 7.90. The molecule has 0 spiro atoms. The summed E-state index contributed by atoms with van der Waals surface area (Å²) in [6.07, 6.45) is 2.02. The summed E-state index contributed by atoms with van der Waals surface area (Å²) in [5.74, 6) is -1.01. The third kappa shape index (κ3) is 4.63. The lowest BCUT2D eigenvalue weighted by Gasteiger charge is -2.02.